The standard InChI is InChI=1S/C43H51N3O9/c1-52-39-16-13-28(37-23-40(55-46-37)30-20-31(24-47)35(27-50)32(21-30)25-48)22-41(39)54-18-10-6-4-2-3-5-9-17-53-38-15-14-29(19-33(38)26-49)42-44-36-12-8-7-11-34(36)43(51)45-42/h7-8,11-16,19-22,40,42,44,47-50H,2-6,9-10,17-18,23-27H2,1H3,(H,45,51). The summed E-state index contributed by atoms with van der Waals surface area (Å²) in [5, 5.41) is 50.0. The molecule has 0 aromatic heterocycles. The predicted molar refractivity (Wildman–Crippen MR) is 208 cm³/mol. The van der Waals surface area contributed by atoms with Gasteiger partial charge in [0.2, 0.25) is 0 Å². The highest BCUT2D eigenvalue weighted by molar-refractivity contribution is 6.02. The largest absolute Gasteiger partial charge is 0.493 e. The number of unbranched alkanes of at least 4 members (excludes halogenated alkanes) is 6. The number of anilines is 1. The first-order valence-electron chi connectivity index (χ1n) is 19.0. The van der Waals surface area contributed by atoms with Crippen LogP contribution in [0.4, 0.5) is 5.69 Å². The number of aliphatic hydroxyl groups is 4. The summed E-state index contributed by atoms with van der Waals surface area (Å²) >= 11 is 0. The van der Waals surface area contributed by atoms with Crippen LogP contribution in [0.25, 0.3) is 0 Å². The third-order valence-electron chi connectivity index (χ3n) is 10.1. The summed E-state index contributed by atoms with van der Waals surface area (Å²) in [5.74, 6) is 1.81. The molecule has 4 aromatic rings. The first-order chi connectivity index (χ1) is 27.0. The van der Waals surface area contributed by atoms with E-state index in [1.165, 1.54) is 0 Å². The minimum Gasteiger partial charge on any atom is -0.493 e. The Morgan fingerprint density at radius 1 is 0.691 bits per heavy atom. The maximum absolute atomic E-state index is 12.6. The molecule has 2 aliphatic heterocycles. The molecule has 4 aromatic carbocycles. The molecule has 12 nitrogen and oxygen atoms in total. The van der Waals surface area contributed by atoms with Gasteiger partial charge in [-0.15, -0.1) is 0 Å². The van der Waals surface area contributed by atoms with Gasteiger partial charge >= 0.3 is 0 Å². The molecule has 1 amide bonds. The van der Waals surface area contributed by atoms with Crippen LogP contribution < -0.4 is 24.8 Å². The van der Waals surface area contributed by atoms with Gasteiger partial charge in [0.05, 0.1) is 58.0 Å². The van der Waals surface area contributed by atoms with E-state index in [2.05, 4.69) is 15.8 Å². The molecule has 2 atom stereocenters. The summed E-state index contributed by atoms with van der Waals surface area (Å²) in [6.07, 6.45) is 7.01. The Hall–Kier alpha value is -5.14. The van der Waals surface area contributed by atoms with Gasteiger partial charge in [-0.05, 0) is 95.3 Å². The van der Waals surface area contributed by atoms with Crippen LogP contribution in [0.5, 0.6) is 17.2 Å². The zero-order valence-electron chi connectivity index (χ0n) is 31.3. The zero-order chi connectivity index (χ0) is 38.6. The van der Waals surface area contributed by atoms with Gasteiger partial charge in [0.25, 0.3) is 5.91 Å². The van der Waals surface area contributed by atoms with Gasteiger partial charge in [-0.2, -0.15) is 0 Å². The number of rotatable bonds is 20. The van der Waals surface area contributed by atoms with Crippen molar-refractivity contribution in [1.29, 1.82) is 0 Å². The van der Waals surface area contributed by atoms with E-state index >= 15 is 0 Å². The topological polar surface area (TPSA) is 171 Å². The van der Waals surface area contributed by atoms with Crippen molar-refractivity contribution in [2.24, 2.45) is 5.16 Å². The number of para-hydroxylation sites is 1. The first kappa shape index (κ1) is 39.6. The maximum atomic E-state index is 12.6. The number of aliphatic hydroxyl groups excluding tert-OH is 4. The number of fused-ring (bicyclic) bond motifs is 1. The third-order valence-corrected chi connectivity index (χ3v) is 10.1. The van der Waals surface area contributed by atoms with Gasteiger partial charge in [-0.3, -0.25) is 4.79 Å². The summed E-state index contributed by atoms with van der Waals surface area (Å²) in [7, 11) is 1.62. The van der Waals surface area contributed by atoms with E-state index < -0.39 is 0 Å². The quantitative estimate of drug-likeness (QED) is 0.0543. The number of carbonyl (C=O) groups is 1. The second-order valence-electron chi connectivity index (χ2n) is 13.8. The predicted octanol–water partition coefficient (Wildman–Crippen LogP) is 6.57. The number of hydrogen-bond acceptors (Lipinski definition) is 11. The molecule has 0 radical (unpaired) electrons. The van der Waals surface area contributed by atoms with Crippen molar-refractivity contribution in [2.45, 2.75) is 90.1 Å². The maximum Gasteiger partial charge on any atom is 0.255 e. The van der Waals surface area contributed by atoms with Crippen molar-refractivity contribution in [1.82, 2.24) is 5.32 Å². The van der Waals surface area contributed by atoms with E-state index in [1.54, 1.807) is 25.3 Å². The number of ether oxygens (including phenoxy) is 3. The summed E-state index contributed by atoms with van der Waals surface area (Å²) in [6, 6.07) is 22.3. The minimum atomic E-state index is -0.389. The van der Waals surface area contributed by atoms with E-state index in [4.69, 9.17) is 19.0 Å². The number of carbonyl (C=O) groups excluding carboxylic acids is 1. The lowest BCUT2D eigenvalue weighted by Gasteiger charge is -2.28. The Morgan fingerprint density at radius 3 is 2.00 bits per heavy atom. The Morgan fingerprint density at radius 2 is 1.33 bits per heavy atom. The average molecular weight is 754 g/mol. The molecule has 0 saturated heterocycles. The van der Waals surface area contributed by atoms with Gasteiger partial charge in [-0.1, -0.05) is 55.5 Å². The van der Waals surface area contributed by atoms with Crippen LogP contribution in [0.2, 0.25) is 0 Å². The second-order valence-corrected chi connectivity index (χ2v) is 13.8. The Bertz CT molecular complexity index is 1920. The molecule has 2 unspecified atom stereocenters. The van der Waals surface area contributed by atoms with E-state index in [-0.39, 0.29) is 44.6 Å². The van der Waals surface area contributed by atoms with Gasteiger partial charge in [0.1, 0.15) is 11.9 Å². The van der Waals surface area contributed by atoms with Crippen LogP contribution in [-0.2, 0) is 31.3 Å². The van der Waals surface area contributed by atoms with E-state index in [1.807, 2.05) is 54.6 Å². The average Bonchev–Trinajstić information content (AvgIpc) is 3.73. The Balaban J connectivity index is 0.880. The van der Waals surface area contributed by atoms with Crippen LogP contribution >= 0.6 is 0 Å². The lowest BCUT2D eigenvalue weighted by atomic mass is 9.93. The van der Waals surface area contributed by atoms with Gasteiger partial charge in [-0.25, -0.2) is 0 Å². The third kappa shape index (κ3) is 9.76. The fourth-order valence-corrected chi connectivity index (χ4v) is 7.06. The van der Waals surface area contributed by atoms with E-state index in [0.29, 0.717) is 64.7 Å². The summed E-state index contributed by atoms with van der Waals surface area (Å²) in [6.45, 7) is 0.201. The second kappa shape index (κ2) is 19.4. The van der Waals surface area contributed by atoms with E-state index in [0.717, 1.165) is 73.0 Å². The van der Waals surface area contributed by atoms with Crippen molar-refractivity contribution < 1.29 is 44.3 Å². The van der Waals surface area contributed by atoms with Crippen molar-refractivity contribution in [3.05, 3.63) is 117 Å². The lowest BCUT2D eigenvalue weighted by molar-refractivity contribution is 0.0853. The molecule has 2 aliphatic rings. The van der Waals surface area contributed by atoms with Crippen molar-refractivity contribution in [2.75, 3.05) is 25.6 Å². The molecule has 0 bridgehead atoms. The summed E-state index contributed by atoms with van der Waals surface area (Å²) < 4.78 is 17.7. The zero-order valence-corrected chi connectivity index (χ0v) is 31.3. The molecule has 55 heavy (non-hydrogen) atoms. The molecule has 6 rings (SSSR count). The molecule has 6 N–H and O–H groups in total. The highest BCUT2D eigenvalue weighted by atomic mass is 16.6. The normalized spacial score (nSPS) is 16.1. The number of benzene rings is 4. The van der Waals surface area contributed by atoms with Gasteiger partial charge < -0.3 is 50.1 Å². The Kier molecular flexibility index (Phi) is 14.0. The van der Waals surface area contributed by atoms with Crippen LogP contribution in [0.15, 0.2) is 78.0 Å². The highest BCUT2D eigenvalue weighted by Crippen LogP contribution is 2.35. The van der Waals surface area contributed by atoms with Crippen LogP contribution in [0.3, 0.4) is 0 Å². The fraction of sp³-hybridized carbons (Fsp3) is 0.395. The number of oxime groups is 1. The highest BCUT2D eigenvalue weighted by Gasteiger charge is 2.27. The first-order valence-corrected chi connectivity index (χ1v) is 19.0. The van der Waals surface area contributed by atoms with Gasteiger partial charge in [0, 0.05) is 23.2 Å². The van der Waals surface area contributed by atoms with Crippen LogP contribution in [0, 0.1) is 0 Å². The Labute approximate surface area is 321 Å². The summed E-state index contributed by atoms with van der Waals surface area (Å²) in [4.78, 5) is 18.3. The molecular weight excluding hydrogens is 702 g/mol. The lowest BCUT2D eigenvalue weighted by Crippen LogP contribution is -2.38. The van der Waals surface area contributed by atoms with E-state index in [9.17, 15) is 25.2 Å². The van der Waals surface area contributed by atoms with Crippen molar-refractivity contribution in [3.63, 3.8) is 0 Å². The van der Waals surface area contributed by atoms with Crippen molar-refractivity contribution >= 4 is 17.3 Å². The number of hydrogen-bond donors (Lipinski definition) is 6. The molecule has 0 spiro atoms. The molecule has 0 fully saturated rings. The monoisotopic (exact) mass is 753 g/mol. The summed E-state index contributed by atoms with van der Waals surface area (Å²) in [5.41, 5.74) is 6.97. The van der Waals surface area contributed by atoms with Gasteiger partial charge in [0.15, 0.2) is 17.6 Å². The molecule has 2 heterocycles. The molecule has 12 heteroatoms. The smallest absolute Gasteiger partial charge is 0.255 e. The number of amides is 1. The number of nitrogens with zero attached hydrogens (tertiary/aromatic N) is 1. The van der Waals surface area contributed by atoms with Crippen LogP contribution in [0.1, 0.15) is 113 Å². The number of nitrogens with one attached hydrogen (secondary N) is 2. The molecule has 0 aliphatic carbocycles. The molecule has 0 saturated carbocycles. The fourth-order valence-electron chi connectivity index (χ4n) is 7.06. The molecule has 292 valence electrons. The minimum absolute atomic E-state index is 0.134. The SMILES string of the molecule is COc1ccc(C2=NOC(c3cc(CO)c(CO)c(CO)c3)C2)cc1OCCCCCCCCCOc1ccc(C2NC(=O)c3ccccc3N2)cc1CO. The van der Waals surface area contributed by atoms with Crippen molar-refractivity contribution in [3.8, 4) is 17.2 Å². The number of methoxy groups -OCH3 is 1. The van der Waals surface area contributed by atoms with Crippen LogP contribution in [-0.4, -0.2) is 52.4 Å². The molecular formula is C43H51N3O9.